The topological polar surface area (TPSA) is 116 Å². The molecule has 5 N–H and O–H groups in total. The molecule has 0 unspecified atom stereocenters. The number of allylic oxidation sites excluding steroid dienone is 4. The van der Waals surface area contributed by atoms with E-state index in [-0.39, 0.29) is 11.3 Å². The predicted molar refractivity (Wildman–Crippen MR) is 152 cm³/mol. The van der Waals surface area contributed by atoms with Crippen LogP contribution in [0.25, 0.3) is 10.9 Å². The van der Waals surface area contributed by atoms with Crippen LogP contribution in [0, 0.1) is 35.5 Å². The molecule has 0 spiro atoms. The zero-order valence-electron chi connectivity index (χ0n) is 23.5. The Labute approximate surface area is 226 Å². The summed E-state index contributed by atoms with van der Waals surface area (Å²) in [6.45, 7) is 10.9. The van der Waals surface area contributed by atoms with Gasteiger partial charge in [0.2, 0.25) is 0 Å². The number of aromatic nitrogens is 1. The van der Waals surface area contributed by atoms with Gasteiger partial charge < -0.3 is 20.9 Å². The van der Waals surface area contributed by atoms with Gasteiger partial charge in [-0.2, -0.15) is 0 Å². The molecule has 1 heterocycles. The minimum absolute atomic E-state index is 0.161. The van der Waals surface area contributed by atoms with E-state index in [9.17, 15) is 14.7 Å². The van der Waals surface area contributed by atoms with Crippen LogP contribution in [0.3, 0.4) is 0 Å². The first kappa shape index (κ1) is 28.2. The lowest BCUT2D eigenvalue weighted by Crippen LogP contribution is -2.53. The van der Waals surface area contributed by atoms with Crippen LogP contribution in [0.2, 0.25) is 0 Å². The molecule has 1 saturated carbocycles. The number of hydrogen-bond donors (Lipinski definition) is 4. The van der Waals surface area contributed by atoms with E-state index in [1.54, 1.807) is 5.57 Å². The minimum Gasteiger partial charge on any atom is -0.481 e. The maximum Gasteiger partial charge on any atom is 0.320 e. The molecule has 6 nitrogen and oxygen atoms in total. The van der Waals surface area contributed by atoms with Crippen molar-refractivity contribution in [2.75, 3.05) is 0 Å². The van der Waals surface area contributed by atoms with Crippen LogP contribution >= 0.6 is 0 Å². The normalized spacial score (nSPS) is 29.3. The average molecular weight is 521 g/mol. The summed E-state index contributed by atoms with van der Waals surface area (Å²) in [6.07, 6.45) is 13.4. The summed E-state index contributed by atoms with van der Waals surface area (Å²) in [5, 5.41) is 19.7. The molecule has 0 aliphatic heterocycles. The zero-order valence-corrected chi connectivity index (χ0v) is 23.5. The van der Waals surface area contributed by atoms with Gasteiger partial charge in [-0.05, 0) is 92.4 Å². The lowest BCUT2D eigenvalue weighted by Gasteiger charge is -2.57. The van der Waals surface area contributed by atoms with Gasteiger partial charge in [0.1, 0.15) is 6.04 Å². The number of carboxylic acids is 2. The van der Waals surface area contributed by atoms with E-state index in [1.807, 2.05) is 38.2 Å². The van der Waals surface area contributed by atoms with Gasteiger partial charge in [-0.25, -0.2) is 0 Å². The van der Waals surface area contributed by atoms with E-state index in [1.165, 1.54) is 24.8 Å². The number of nitrogens with one attached hydrogen (secondary N) is 1. The molecule has 0 bridgehead atoms. The molecule has 1 fully saturated rings. The summed E-state index contributed by atoms with van der Waals surface area (Å²) < 4.78 is 0. The second kappa shape index (κ2) is 10.7. The standard InChI is InChI=1S/C20H30O2.C12H14N2O2/c1-13(2)14-6-8-16-15(12-14)7-9-17-19(16,3)10-5-11-20(17,4)18(21)22;1-7-2-3-11-9(4-7)8(6-14-11)5-10(13)12(15)16/h7,12-13,16-17H,5-6,8-11H2,1-4H3,(H,21,22);2-4,6,10,14H,5,13H2,1H3,(H,15,16)/t16-,17+,19+,20+;10-/m00/s1. The smallest absolute Gasteiger partial charge is 0.320 e. The third-order valence-corrected chi connectivity index (χ3v) is 9.75. The molecule has 6 heteroatoms. The molecule has 5 rings (SSSR count). The number of fused-ring (bicyclic) bond motifs is 4. The molecule has 206 valence electrons. The Hall–Kier alpha value is -2.86. The molecule has 38 heavy (non-hydrogen) atoms. The number of rotatable bonds is 5. The fourth-order valence-electron chi connectivity index (χ4n) is 7.39. The number of carbonyl (C=O) groups is 2. The largest absolute Gasteiger partial charge is 0.481 e. The number of aromatic amines is 1. The number of carboxylic acid groups (broad SMARTS) is 2. The van der Waals surface area contributed by atoms with Crippen LogP contribution in [-0.4, -0.2) is 33.2 Å². The first-order valence-electron chi connectivity index (χ1n) is 14.1. The third kappa shape index (κ3) is 5.20. The average Bonchev–Trinajstić information content (AvgIpc) is 3.25. The maximum absolute atomic E-state index is 11.9. The van der Waals surface area contributed by atoms with Gasteiger partial charge in [0.05, 0.1) is 5.41 Å². The summed E-state index contributed by atoms with van der Waals surface area (Å²) in [5.41, 5.74) is 11.3. The number of hydrogen-bond acceptors (Lipinski definition) is 3. The van der Waals surface area contributed by atoms with Gasteiger partial charge in [0.15, 0.2) is 0 Å². The lowest BCUT2D eigenvalue weighted by atomic mass is 9.47. The second-order valence-electron chi connectivity index (χ2n) is 12.6. The van der Waals surface area contributed by atoms with E-state index in [4.69, 9.17) is 10.8 Å². The molecule has 3 aliphatic carbocycles. The Morgan fingerprint density at radius 2 is 1.92 bits per heavy atom. The highest BCUT2D eigenvalue weighted by molar-refractivity contribution is 5.85. The highest BCUT2D eigenvalue weighted by Gasteiger charge is 2.57. The van der Waals surface area contributed by atoms with Gasteiger partial charge >= 0.3 is 11.9 Å². The summed E-state index contributed by atoms with van der Waals surface area (Å²) in [5.74, 6) is -0.0822. The minimum atomic E-state index is -0.970. The number of nitrogens with two attached hydrogens (primary N) is 1. The van der Waals surface area contributed by atoms with Crippen molar-refractivity contribution in [1.29, 1.82) is 0 Å². The molecule has 5 atom stereocenters. The van der Waals surface area contributed by atoms with E-state index >= 15 is 0 Å². The molecule has 2 aromatic rings. The number of aliphatic carboxylic acids is 2. The Balaban J connectivity index is 0.000000186. The van der Waals surface area contributed by atoms with Gasteiger partial charge in [-0.3, -0.25) is 9.59 Å². The van der Waals surface area contributed by atoms with Crippen molar-refractivity contribution in [3.05, 3.63) is 58.8 Å². The first-order valence-corrected chi connectivity index (χ1v) is 14.1. The van der Waals surface area contributed by atoms with Gasteiger partial charge in [-0.15, -0.1) is 0 Å². The van der Waals surface area contributed by atoms with Crippen molar-refractivity contribution >= 4 is 22.8 Å². The quantitative estimate of drug-likeness (QED) is 0.353. The Bertz CT molecular complexity index is 1270. The molecule has 0 radical (unpaired) electrons. The summed E-state index contributed by atoms with van der Waals surface area (Å²) in [4.78, 5) is 25.7. The summed E-state index contributed by atoms with van der Waals surface area (Å²) in [6, 6.07) is 5.19. The molecule has 0 amide bonds. The Morgan fingerprint density at radius 3 is 2.58 bits per heavy atom. The third-order valence-electron chi connectivity index (χ3n) is 9.75. The lowest BCUT2D eigenvalue weighted by molar-refractivity contribution is -0.162. The molecular weight excluding hydrogens is 476 g/mol. The van der Waals surface area contributed by atoms with Crippen molar-refractivity contribution in [1.82, 2.24) is 4.98 Å². The molecule has 3 aliphatic rings. The second-order valence-corrected chi connectivity index (χ2v) is 12.6. The molecule has 1 aromatic carbocycles. The van der Waals surface area contributed by atoms with E-state index in [2.05, 4.69) is 37.9 Å². The van der Waals surface area contributed by atoms with E-state index < -0.39 is 23.4 Å². The van der Waals surface area contributed by atoms with Crippen molar-refractivity contribution in [2.45, 2.75) is 85.6 Å². The van der Waals surface area contributed by atoms with E-state index in [0.29, 0.717) is 18.3 Å². The van der Waals surface area contributed by atoms with Gasteiger partial charge in [0, 0.05) is 23.5 Å². The number of benzene rings is 1. The van der Waals surface area contributed by atoms with Crippen LogP contribution in [-0.2, 0) is 16.0 Å². The van der Waals surface area contributed by atoms with Crippen molar-refractivity contribution in [3.63, 3.8) is 0 Å². The number of H-pyrrole nitrogens is 1. The Kier molecular flexibility index (Phi) is 7.94. The monoisotopic (exact) mass is 520 g/mol. The molecule has 1 aromatic heterocycles. The van der Waals surface area contributed by atoms with Crippen molar-refractivity contribution in [3.8, 4) is 0 Å². The number of aryl methyl sites for hydroxylation is 1. The highest BCUT2D eigenvalue weighted by atomic mass is 16.4. The fourth-order valence-corrected chi connectivity index (χ4v) is 7.39. The fraction of sp³-hybridized carbons (Fsp3) is 0.562. The van der Waals surface area contributed by atoms with Crippen LogP contribution in [0.1, 0.15) is 77.3 Å². The Morgan fingerprint density at radius 1 is 1.18 bits per heavy atom. The predicted octanol–water partition coefficient (Wildman–Crippen LogP) is 6.64. The van der Waals surface area contributed by atoms with Gasteiger partial charge in [0.25, 0.3) is 0 Å². The maximum atomic E-state index is 11.9. The van der Waals surface area contributed by atoms with E-state index in [0.717, 1.165) is 41.3 Å². The van der Waals surface area contributed by atoms with Crippen LogP contribution in [0.15, 0.2) is 47.7 Å². The summed E-state index contributed by atoms with van der Waals surface area (Å²) >= 11 is 0. The first-order chi connectivity index (χ1) is 17.9. The molecule has 0 saturated heterocycles. The van der Waals surface area contributed by atoms with Crippen molar-refractivity contribution in [2.24, 2.45) is 34.3 Å². The van der Waals surface area contributed by atoms with Crippen LogP contribution in [0.4, 0.5) is 0 Å². The SMILES string of the molecule is CC(C)C1=CC2=CC[C@@H]3[C@](C)(CCC[C@@]3(C)C(=O)O)[C@H]2CC1.Cc1ccc2[nH]cc(C[C@H](N)C(=O)O)c2c1. The van der Waals surface area contributed by atoms with Crippen LogP contribution in [0.5, 0.6) is 0 Å². The summed E-state index contributed by atoms with van der Waals surface area (Å²) in [7, 11) is 0. The highest BCUT2D eigenvalue weighted by Crippen LogP contribution is 2.62. The molecular formula is C32H44N2O4. The zero-order chi connectivity index (χ0) is 27.8. The van der Waals surface area contributed by atoms with Gasteiger partial charge in [-0.1, -0.05) is 56.5 Å². The van der Waals surface area contributed by atoms with Crippen molar-refractivity contribution < 1.29 is 19.8 Å². The van der Waals surface area contributed by atoms with Crippen LogP contribution < -0.4 is 5.73 Å².